The molecule has 1 aromatic heterocycles. The van der Waals surface area contributed by atoms with Crippen molar-refractivity contribution in [2.75, 3.05) is 13.1 Å². The summed E-state index contributed by atoms with van der Waals surface area (Å²) < 4.78 is 0.837. The van der Waals surface area contributed by atoms with Gasteiger partial charge in [-0.05, 0) is 25.2 Å². The van der Waals surface area contributed by atoms with Gasteiger partial charge in [-0.3, -0.25) is 19.1 Å². The second-order valence-corrected chi connectivity index (χ2v) is 8.53. The maximum Gasteiger partial charge on any atom is 0.329 e. The molecule has 13 heteroatoms. The lowest BCUT2D eigenvalue weighted by molar-refractivity contribution is -0.141. The molecule has 9 N–H and O–H groups in total. The normalized spacial score (nSPS) is 14.8. The molecule has 0 bridgehead atoms. The number of rotatable bonds is 13. The molecule has 2 rings (SSSR count). The average Bonchev–Trinajstić information content (AvgIpc) is 3.06. The second-order valence-electron chi connectivity index (χ2n) is 8.53. The van der Waals surface area contributed by atoms with Gasteiger partial charge in [-0.2, -0.15) is 0 Å². The number of aromatic nitrogens is 2. The van der Waals surface area contributed by atoms with Crippen molar-refractivity contribution in [1.29, 1.82) is 0 Å². The summed E-state index contributed by atoms with van der Waals surface area (Å²) in [5, 5.41) is 24.4. The Kier molecular flexibility index (Phi) is 10.4. The van der Waals surface area contributed by atoms with Crippen molar-refractivity contribution in [3.05, 3.63) is 16.2 Å². The third-order valence-electron chi connectivity index (χ3n) is 5.85. The third kappa shape index (κ3) is 8.79. The molecule has 2 amide bonds. The van der Waals surface area contributed by atoms with Gasteiger partial charge in [-0.15, -0.1) is 0 Å². The summed E-state index contributed by atoms with van der Waals surface area (Å²) in [6, 6.07) is -1.30. The van der Waals surface area contributed by atoms with Gasteiger partial charge < -0.3 is 37.3 Å². The number of hydrogen-bond donors (Lipinski definition) is 7. The minimum atomic E-state index is -1.30. The number of aliphatic carboxylic acids is 1. The van der Waals surface area contributed by atoms with E-state index in [1.165, 1.54) is 6.42 Å². The van der Waals surface area contributed by atoms with Gasteiger partial charge in [0.1, 0.15) is 12.6 Å². The van der Waals surface area contributed by atoms with Crippen molar-refractivity contribution in [1.82, 2.24) is 20.2 Å². The van der Waals surface area contributed by atoms with Crippen molar-refractivity contribution in [2.45, 2.75) is 70.4 Å². The number of hydrogen-bond acceptors (Lipinski definition) is 6. The molecule has 1 fully saturated rings. The lowest BCUT2D eigenvalue weighted by atomic mass is 9.86. The van der Waals surface area contributed by atoms with Crippen LogP contribution in [0.15, 0.2) is 9.79 Å². The monoisotopic (exact) mass is 481 g/mol. The van der Waals surface area contributed by atoms with Crippen molar-refractivity contribution in [3.8, 4) is 5.88 Å². The van der Waals surface area contributed by atoms with E-state index in [2.05, 4.69) is 20.6 Å². The number of carboxylic acids is 1. The van der Waals surface area contributed by atoms with E-state index in [0.717, 1.165) is 30.3 Å². The van der Waals surface area contributed by atoms with E-state index in [1.54, 1.807) is 0 Å². The molecule has 190 valence electrons. The van der Waals surface area contributed by atoms with Gasteiger partial charge in [-0.1, -0.05) is 32.1 Å². The minimum absolute atomic E-state index is 0.0629. The molecular weight excluding hydrogens is 446 g/mol. The zero-order chi connectivity index (χ0) is 25.1. The maximum absolute atomic E-state index is 12.3. The Labute approximate surface area is 197 Å². The molecule has 0 radical (unpaired) electrons. The highest BCUT2D eigenvalue weighted by Gasteiger charge is 2.23. The van der Waals surface area contributed by atoms with Crippen LogP contribution in [0.1, 0.15) is 57.1 Å². The van der Waals surface area contributed by atoms with E-state index in [0.29, 0.717) is 25.3 Å². The predicted molar refractivity (Wildman–Crippen MR) is 124 cm³/mol. The van der Waals surface area contributed by atoms with Gasteiger partial charge in [0.05, 0.1) is 5.69 Å². The van der Waals surface area contributed by atoms with Crippen LogP contribution in [0.25, 0.3) is 0 Å². The van der Waals surface area contributed by atoms with Gasteiger partial charge in [0.2, 0.25) is 17.7 Å². The van der Waals surface area contributed by atoms with Gasteiger partial charge in [0.25, 0.3) is 0 Å². The van der Waals surface area contributed by atoms with Gasteiger partial charge >= 0.3 is 11.7 Å². The molecule has 1 heterocycles. The van der Waals surface area contributed by atoms with E-state index in [1.807, 2.05) is 0 Å². The zero-order valence-corrected chi connectivity index (χ0v) is 19.2. The largest absolute Gasteiger partial charge is 0.493 e. The summed E-state index contributed by atoms with van der Waals surface area (Å²) in [6.07, 6.45) is 7.42. The van der Waals surface area contributed by atoms with Crippen LogP contribution in [-0.4, -0.2) is 62.6 Å². The lowest BCUT2D eigenvalue weighted by Crippen LogP contribution is -2.49. The fourth-order valence-electron chi connectivity index (χ4n) is 3.99. The Morgan fingerprint density at radius 3 is 2.53 bits per heavy atom. The number of carboxylic acid groups (broad SMARTS) is 1. The summed E-state index contributed by atoms with van der Waals surface area (Å²) in [5.74, 6) is -2.31. The number of guanidine groups is 1. The van der Waals surface area contributed by atoms with Gasteiger partial charge in [-0.25, -0.2) is 9.59 Å². The number of carbonyl (C=O) groups is 3. The van der Waals surface area contributed by atoms with Crippen LogP contribution in [0.4, 0.5) is 0 Å². The number of aliphatic imine (C=N–C) groups is 1. The fraction of sp³-hybridized carbons (Fsp3) is 0.667. The van der Waals surface area contributed by atoms with E-state index in [9.17, 15) is 29.4 Å². The van der Waals surface area contributed by atoms with Crippen molar-refractivity contribution >= 4 is 23.7 Å². The van der Waals surface area contributed by atoms with Crippen LogP contribution in [0.5, 0.6) is 5.88 Å². The highest BCUT2D eigenvalue weighted by Crippen LogP contribution is 2.27. The van der Waals surface area contributed by atoms with Crippen LogP contribution in [0.3, 0.4) is 0 Å². The third-order valence-corrected chi connectivity index (χ3v) is 5.85. The Hall–Kier alpha value is -3.51. The fourth-order valence-corrected chi connectivity index (χ4v) is 3.99. The molecule has 0 saturated heterocycles. The van der Waals surface area contributed by atoms with Crippen LogP contribution in [0.2, 0.25) is 0 Å². The number of nitrogens with zero attached hydrogens (tertiary/aromatic N) is 2. The first kappa shape index (κ1) is 26.7. The zero-order valence-electron chi connectivity index (χ0n) is 19.2. The highest BCUT2D eigenvalue weighted by atomic mass is 16.4. The van der Waals surface area contributed by atoms with Crippen molar-refractivity contribution in [3.63, 3.8) is 0 Å². The number of imidazole rings is 1. The summed E-state index contributed by atoms with van der Waals surface area (Å²) in [6.45, 7) is -0.565. The summed E-state index contributed by atoms with van der Waals surface area (Å²) in [4.78, 5) is 54.3. The topological polar surface area (TPSA) is 218 Å². The number of nitrogens with two attached hydrogens (primary N) is 2. The van der Waals surface area contributed by atoms with Crippen LogP contribution in [0, 0.1) is 5.92 Å². The quantitative estimate of drug-likeness (QED) is 0.106. The van der Waals surface area contributed by atoms with E-state index >= 15 is 0 Å². The Bertz CT molecular complexity index is 929. The Morgan fingerprint density at radius 1 is 1.18 bits per heavy atom. The molecule has 1 unspecified atom stereocenters. The number of H-pyrrole nitrogens is 1. The van der Waals surface area contributed by atoms with E-state index in [4.69, 9.17) is 11.5 Å². The summed E-state index contributed by atoms with van der Waals surface area (Å²) in [7, 11) is 0. The van der Waals surface area contributed by atoms with Crippen LogP contribution in [-0.2, 0) is 27.3 Å². The number of carbonyl (C=O) groups excluding carboxylic acids is 2. The molecule has 1 saturated carbocycles. The van der Waals surface area contributed by atoms with E-state index in [-0.39, 0.29) is 36.9 Å². The maximum atomic E-state index is 12.3. The molecule has 1 aliphatic carbocycles. The molecule has 13 nitrogen and oxygen atoms in total. The van der Waals surface area contributed by atoms with Crippen LogP contribution < -0.4 is 27.8 Å². The first-order valence-electron chi connectivity index (χ1n) is 11.5. The Morgan fingerprint density at radius 2 is 1.88 bits per heavy atom. The van der Waals surface area contributed by atoms with E-state index < -0.39 is 36.0 Å². The average molecular weight is 482 g/mol. The van der Waals surface area contributed by atoms with Crippen LogP contribution >= 0.6 is 0 Å². The first-order valence-corrected chi connectivity index (χ1v) is 11.5. The van der Waals surface area contributed by atoms with Crippen molar-refractivity contribution in [2.24, 2.45) is 22.4 Å². The smallest absolute Gasteiger partial charge is 0.329 e. The molecular formula is C21H35N7O6. The molecule has 1 aromatic rings. The van der Waals surface area contributed by atoms with Gasteiger partial charge in [0, 0.05) is 19.5 Å². The number of nitrogens with one attached hydrogen (secondary N) is 3. The van der Waals surface area contributed by atoms with Gasteiger partial charge in [0.15, 0.2) is 5.96 Å². The molecule has 1 atom stereocenters. The number of aromatic amines is 1. The lowest BCUT2D eigenvalue weighted by Gasteiger charge is -2.21. The van der Waals surface area contributed by atoms with Crippen molar-refractivity contribution < 1.29 is 24.6 Å². The number of aromatic hydroxyl groups is 1. The minimum Gasteiger partial charge on any atom is -0.493 e. The molecule has 1 aliphatic rings. The second kappa shape index (κ2) is 13.3. The first-order chi connectivity index (χ1) is 16.2. The summed E-state index contributed by atoms with van der Waals surface area (Å²) in [5.41, 5.74) is 10.0. The number of amides is 2. The SMILES string of the molecule is NC(N)=NCCCc1[nH]c(=O)n(CC(=O)NCC(NC(=O)CCC2CCCCC2)C(=O)O)c1O. The highest BCUT2D eigenvalue weighted by molar-refractivity contribution is 5.84. The number of aryl methyl sites for hydroxylation is 1. The predicted octanol–water partition coefficient (Wildman–Crippen LogP) is -0.866. The Balaban J connectivity index is 1.82. The molecule has 0 spiro atoms. The standard InChI is InChI=1S/C21H35N7O6/c22-20(23)24-10-4-7-14-18(31)28(21(34)27-14)12-17(30)25-11-15(19(32)33)26-16(29)9-8-13-5-2-1-3-6-13/h13,15,31H,1-12H2,(H,25,30)(H,26,29)(H,27,34)(H,32,33)(H4,22,23,24). The summed E-state index contributed by atoms with van der Waals surface area (Å²) >= 11 is 0. The molecule has 0 aromatic carbocycles. The molecule has 0 aliphatic heterocycles. The molecule has 34 heavy (non-hydrogen) atoms.